The van der Waals surface area contributed by atoms with Crippen molar-refractivity contribution in [1.29, 1.82) is 0 Å². The number of hydrogen-bond donors (Lipinski definition) is 5. The predicted octanol–water partition coefficient (Wildman–Crippen LogP) is 5.55. The van der Waals surface area contributed by atoms with Crippen LogP contribution in [0.5, 0.6) is 0 Å². The second-order valence-electron chi connectivity index (χ2n) is 12.5. The monoisotopic (exact) mass is 661 g/mol. The largest absolute Gasteiger partial charge is 0.342 e. The Morgan fingerprint density at radius 1 is 0.913 bits per heavy atom. The number of aromatic nitrogens is 4. The Bertz CT molecular complexity index is 1950. The summed E-state index contributed by atoms with van der Waals surface area (Å²) in [6.45, 7) is 0.593. The number of fused-ring (bicyclic) bond motifs is 2. The summed E-state index contributed by atoms with van der Waals surface area (Å²) in [5.41, 5.74) is 18.0. The van der Waals surface area contributed by atoms with E-state index in [1.165, 1.54) is 4.90 Å². The third-order valence-corrected chi connectivity index (χ3v) is 9.63. The van der Waals surface area contributed by atoms with Crippen LogP contribution >= 0.6 is 24.0 Å². The van der Waals surface area contributed by atoms with Crippen LogP contribution in [-0.4, -0.2) is 44.3 Å². The lowest BCUT2D eigenvalue weighted by Crippen LogP contribution is -2.50. The van der Waals surface area contributed by atoms with Crippen LogP contribution in [0.2, 0.25) is 5.02 Å². The number of carbonyl (C=O) groups excluding carboxylic acids is 2. The number of anilines is 1. The van der Waals surface area contributed by atoms with Crippen LogP contribution in [0.1, 0.15) is 55.8 Å². The van der Waals surface area contributed by atoms with Gasteiger partial charge in [0.25, 0.3) is 5.91 Å². The molecule has 2 amide bonds. The SMILES string of the molecule is Cl.NC[C@H]1CC[C@H](C(=O)N(C(=O)[C@@H](N)Cc2ccc(-c3cc4nc(C5CC5)[nH]c4cc3Cl)cc2)c2ccc3[nH]c(=O)[nH]c3c2)CC1. The number of rotatable bonds is 8. The molecule has 2 aliphatic carbocycles. The summed E-state index contributed by atoms with van der Waals surface area (Å²) in [5.74, 6) is 0.864. The highest BCUT2D eigenvalue weighted by molar-refractivity contribution is 6.34. The van der Waals surface area contributed by atoms with Crippen LogP contribution in [-0.2, 0) is 16.0 Å². The van der Waals surface area contributed by atoms with Crippen molar-refractivity contribution < 1.29 is 9.59 Å². The number of aromatic amines is 3. The highest BCUT2D eigenvalue weighted by Crippen LogP contribution is 2.40. The fourth-order valence-electron chi connectivity index (χ4n) is 6.50. The molecule has 0 saturated heterocycles. The molecule has 5 aromatic rings. The minimum atomic E-state index is -0.967. The Morgan fingerprint density at radius 3 is 2.33 bits per heavy atom. The lowest BCUT2D eigenvalue weighted by atomic mass is 9.81. The van der Waals surface area contributed by atoms with Gasteiger partial charge in [-0.15, -0.1) is 12.4 Å². The molecule has 46 heavy (non-hydrogen) atoms. The first kappa shape index (κ1) is 32.0. The molecule has 0 unspecified atom stereocenters. The Balaban J connectivity index is 0.00000372. The van der Waals surface area contributed by atoms with Crippen molar-refractivity contribution >= 4 is 63.6 Å². The maximum absolute atomic E-state index is 14.0. The summed E-state index contributed by atoms with van der Waals surface area (Å²) in [4.78, 5) is 54.5. The summed E-state index contributed by atoms with van der Waals surface area (Å²) >= 11 is 6.67. The topological polar surface area (TPSA) is 167 Å². The van der Waals surface area contributed by atoms with Gasteiger partial charge in [0.1, 0.15) is 5.82 Å². The first-order valence-electron chi connectivity index (χ1n) is 15.6. The third-order valence-electron chi connectivity index (χ3n) is 9.32. The van der Waals surface area contributed by atoms with Gasteiger partial charge >= 0.3 is 5.69 Å². The van der Waals surface area contributed by atoms with Gasteiger partial charge in [-0.1, -0.05) is 35.9 Å². The lowest BCUT2D eigenvalue weighted by Gasteiger charge is -2.32. The average Bonchev–Trinajstić information content (AvgIpc) is 3.71. The van der Waals surface area contributed by atoms with Crippen LogP contribution in [0.15, 0.2) is 59.4 Å². The normalized spacial score (nSPS) is 18.8. The minimum absolute atomic E-state index is 0. The Labute approximate surface area is 276 Å². The van der Waals surface area contributed by atoms with E-state index < -0.39 is 11.9 Å². The zero-order chi connectivity index (χ0) is 31.2. The molecule has 2 aromatic heterocycles. The van der Waals surface area contributed by atoms with Crippen molar-refractivity contribution in [3.8, 4) is 11.1 Å². The molecule has 12 heteroatoms. The van der Waals surface area contributed by atoms with E-state index in [-0.39, 0.29) is 36.3 Å². The molecular formula is C34H37Cl2N7O3. The van der Waals surface area contributed by atoms with Gasteiger partial charge in [0, 0.05) is 17.4 Å². The van der Waals surface area contributed by atoms with Crippen molar-refractivity contribution in [1.82, 2.24) is 19.9 Å². The van der Waals surface area contributed by atoms with E-state index in [2.05, 4.69) is 15.0 Å². The molecule has 0 radical (unpaired) electrons. The molecule has 2 heterocycles. The van der Waals surface area contributed by atoms with Crippen LogP contribution in [0, 0.1) is 11.8 Å². The zero-order valence-electron chi connectivity index (χ0n) is 25.2. The molecule has 10 nitrogen and oxygen atoms in total. The number of nitrogens with zero attached hydrogens (tertiary/aromatic N) is 2. The standard InChI is InChI=1S/C34H36ClN7O3.ClH/c35-25-16-30-29(38-31(39-30)21-9-10-21)15-24(25)20-5-1-18(2-6-20)13-26(37)33(44)42(32(43)22-7-3-19(17-36)4-8-22)23-11-12-27-28(14-23)41-34(45)40-27;/h1-2,5-6,11-12,14-16,19,21-22,26H,3-4,7-10,13,17,36-37H2,(H,38,39)(H2,40,41,45);1H/t19-,22-,26-;/m0./s1. The molecule has 2 fully saturated rings. The van der Waals surface area contributed by atoms with E-state index in [0.29, 0.717) is 53.0 Å². The van der Waals surface area contributed by atoms with Gasteiger partial charge in [-0.25, -0.2) is 14.7 Å². The van der Waals surface area contributed by atoms with Crippen molar-refractivity contribution in [2.75, 3.05) is 11.4 Å². The molecule has 7 N–H and O–H groups in total. The van der Waals surface area contributed by atoms with E-state index in [1.807, 2.05) is 36.4 Å². The van der Waals surface area contributed by atoms with Crippen LogP contribution in [0.3, 0.4) is 0 Å². The number of hydrogen-bond acceptors (Lipinski definition) is 6. The van der Waals surface area contributed by atoms with Crippen LogP contribution < -0.4 is 22.1 Å². The van der Waals surface area contributed by atoms with Crippen molar-refractivity contribution in [2.24, 2.45) is 23.3 Å². The Hall–Kier alpha value is -3.96. The fraction of sp³-hybridized carbons (Fsp3) is 0.353. The van der Waals surface area contributed by atoms with Gasteiger partial charge in [0.05, 0.1) is 38.8 Å². The molecule has 0 spiro atoms. The van der Waals surface area contributed by atoms with Gasteiger partial charge in [-0.2, -0.15) is 0 Å². The number of imidazole rings is 2. The first-order chi connectivity index (χ1) is 21.8. The van der Waals surface area contributed by atoms with Crippen LogP contribution in [0.25, 0.3) is 33.2 Å². The quantitative estimate of drug-likeness (QED) is 0.146. The summed E-state index contributed by atoms with van der Waals surface area (Å²) in [6, 6.07) is 15.7. The van der Waals surface area contributed by atoms with Crippen LogP contribution in [0.4, 0.5) is 5.69 Å². The van der Waals surface area contributed by atoms with E-state index in [0.717, 1.165) is 59.2 Å². The van der Waals surface area contributed by atoms with E-state index in [4.69, 9.17) is 28.1 Å². The maximum Gasteiger partial charge on any atom is 0.323 e. The Kier molecular flexibility index (Phi) is 9.07. The van der Waals surface area contributed by atoms with Crippen molar-refractivity contribution in [3.05, 3.63) is 81.5 Å². The molecule has 2 saturated carbocycles. The van der Waals surface area contributed by atoms with E-state index in [1.54, 1.807) is 18.2 Å². The van der Waals surface area contributed by atoms with Gasteiger partial charge in [0.2, 0.25) is 5.91 Å². The number of nitrogens with two attached hydrogens (primary N) is 2. The predicted molar refractivity (Wildman–Crippen MR) is 183 cm³/mol. The average molecular weight is 663 g/mol. The van der Waals surface area contributed by atoms with Crippen molar-refractivity contribution in [2.45, 2.75) is 56.9 Å². The van der Waals surface area contributed by atoms with E-state index in [9.17, 15) is 14.4 Å². The third kappa shape index (κ3) is 6.35. The second-order valence-corrected chi connectivity index (χ2v) is 12.9. The molecule has 240 valence electrons. The lowest BCUT2D eigenvalue weighted by molar-refractivity contribution is -0.130. The van der Waals surface area contributed by atoms with Gasteiger partial charge < -0.3 is 26.4 Å². The number of nitrogens with one attached hydrogen (secondary N) is 3. The number of H-pyrrole nitrogens is 3. The number of benzene rings is 3. The summed E-state index contributed by atoms with van der Waals surface area (Å²) in [6.07, 6.45) is 5.59. The zero-order valence-corrected chi connectivity index (χ0v) is 26.8. The maximum atomic E-state index is 14.0. The number of amides is 2. The molecule has 3 aromatic carbocycles. The van der Waals surface area contributed by atoms with Crippen molar-refractivity contribution in [3.63, 3.8) is 0 Å². The minimum Gasteiger partial charge on any atom is -0.342 e. The first-order valence-corrected chi connectivity index (χ1v) is 16.0. The number of imide groups is 1. The molecule has 2 aliphatic rings. The Morgan fingerprint density at radius 2 is 1.63 bits per heavy atom. The van der Waals surface area contributed by atoms with Gasteiger partial charge in [-0.3, -0.25) is 9.59 Å². The van der Waals surface area contributed by atoms with E-state index >= 15 is 0 Å². The molecule has 7 rings (SSSR count). The van der Waals surface area contributed by atoms with Gasteiger partial charge in [0.15, 0.2) is 0 Å². The molecule has 0 aliphatic heterocycles. The number of carbonyl (C=O) groups is 2. The fourth-order valence-corrected chi connectivity index (χ4v) is 6.77. The molecule has 0 bridgehead atoms. The summed E-state index contributed by atoms with van der Waals surface area (Å²) < 4.78 is 0. The summed E-state index contributed by atoms with van der Waals surface area (Å²) in [7, 11) is 0. The second kappa shape index (κ2) is 13.0. The summed E-state index contributed by atoms with van der Waals surface area (Å²) in [5, 5.41) is 0.628. The number of halogens is 2. The highest BCUT2D eigenvalue weighted by atomic mass is 35.5. The smallest absolute Gasteiger partial charge is 0.323 e. The highest BCUT2D eigenvalue weighted by Gasteiger charge is 2.35. The molecule has 1 atom stereocenters. The molecular weight excluding hydrogens is 625 g/mol. The van der Waals surface area contributed by atoms with Gasteiger partial charge in [-0.05, 0) is 98.9 Å².